The molecular formula is C19H22FN5O2. The van der Waals surface area contributed by atoms with Crippen LogP contribution in [0.1, 0.15) is 13.8 Å². The van der Waals surface area contributed by atoms with Crippen molar-refractivity contribution in [2.45, 2.75) is 20.0 Å². The van der Waals surface area contributed by atoms with E-state index < -0.39 is 5.82 Å². The summed E-state index contributed by atoms with van der Waals surface area (Å²) in [4.78, 5) is 11.0. The highest BCUT2D eigenvalue weighted by atomic mass is 19.1. The van der Waals surface area contributed by atoms with Crippen molar-refractivity contribution in [2.75, 3.05) is 31.2 Å². The van der Waals surface area contributed by atoms with Crippen molar-refractivity contribution >= 4 is 16.9 Å². The molecule has 0 N–H and O–H groups in total. The van der Waals surface area contributed by atoms with Crippen molar-refractivity contribution < 1.29 is 13.9 Å². The van der Waals surface area contributed by atoms with Gasteiger partial charge in [0, 0.05) is 25.7 Å². The molecule has 0 spiro atoms. The molecule has 0 atom stereocenters. The second-order valence-electron chi connectivity index (χ2n) is 6.78. The number of rotatable bonds is 4. The quantitative estimate of drug-likeness (QED) is 0.703. The molecule has 1 aliphatic rings. The summed E-state index contributed by atoms with van der Waals surface area (Å²) in [6, 6.07) is 4.91. The minimum atomic E-state index is -0.412. The number of aromatic nitrogens is 4. The minimum absolute atomic E-state index is 0.0950. The fraction of sp³-hybridized carbons (Fsp3) is 0.421. The molecule has 1 aliphatic heterocycles. The van der Waals surface area contributed by atoms with Crippen molar-refractivity contribution in [3.63, 3.8) is 0 Å². The maximum atomic E-state index is 14.5. The third kappa shape index (κ3) is 3.32. The number of nitrogens with zero attached hydrogens (tertiary/aromatic N) is 5. The second-order valence-corrected chi connectivity index (χ2v) is 6.78. The molecule has 0 unspecified atom stereocenters. The summed E-state index contributed by atoms with van der Waals surface area (Å²) in [5, 5.41) is 5.41. The van der Waals surface area contributed by atoms with E-state index >= 15 is 0 Å². The Labute approximate surface area is 156 Å². The molecule has 0 aliphatic carbocycles. The standard InChI is InChI=1S/C19H22FN5O2/c1-12(2)27-15-5-4-13(10-14(15)20)17-16-18(24(3)23-17)21-11-22-19(16)25-6-8-26-9-7-25/h4-5,10-12H,6-9H2,1-3H3. The molecule has 3 heterocycles. The number of morpholine rings is 1. The van der Waals surface area contributed by atoms with Crippen LogP contribution in [0.3, 0.4) is 0 Å². The van der Waals surface area contributed by atoms with Gasteiger partial charge < -0.3 is 14.4 Å². The van der Waals surface area contributed by atoms with Gasteiger partial charge in [0.05, 0.1) is 24.7 Å². The molecule has 0 saturated carbocycles. The Bertz CT molecular complexity index is 966. The van der Waals surface area contributed by atoms with Gasteiger partial charge in [0.15, 0.2) is 17.2 Å². The molecule has 0 radical (unpaired) electrons. The number of hydrogen-bond acceptors (Lipinski definition) is 6. The van der Waals surface area contributed by atoms with Crippen LogP contribution in [0.15, 0.2) is 24.5 Å². The minimum Gasteiger partial charge on any atom is -0.488 e. The van der Waals surface area contributed by atoms with Crippen LogP contribution in [0.2, 0.25) is 0 Å². The van der Waals surface area contributed by atoms with Gasteiger partial charge >= 0.3 is 0 Å². The van der Waals surface area contributed by atoms with E-state index in [9.17, 15) is 4.39 Å². The molecule has 8 heteroatoms. The molecule has 0 amide bonds. The lowest BCUT2D eigenvalue weighted by Gasteiger charge is -2.28. The van der Waals surface area contributed by atoms with E-state index in [1.807, 2.05) is 27.0 Å². The lowest BCUT2D eigenvalue weighted by Crippen LogP contribution is -2.36. The van der Waals surface area contributed by atoms with Crippen LogP contribution < -0.4 is 9.64 Å². The Hall–Kier alpha value is -2.74. The van der Waals surface area contributed by atoms with Crippen molar-refractivity contribution in [2.24, 2.45) is 7.05 Å². The SMILES string of the molecule is CC(C)Oc1ccc(-c2nn(C)c3ncnc(N4CCOCC4)c23)cc1F. The Morgan fingerprint density at radius 2 is 1.96 bits per heavy atom. The molecule has 1 fully saturated rings. The summed E-state index contributed by atoms with van der Waals surface area (Å²) in [7, 11) is 1.83. The van der Waals surface area contributed by atoms with Gasteiger partial charge in [-0.15, -0.1) is 0 Å². The fourth-order valence-electron chi connectivity index (χ4n) is 3.29. The number of fused-ring (bicyclic) bond motifs is 1. The molecular weight excluding hydrogens is 349 g/mol. The lowest BCUT2D eigenvalue weighted by molar-refractivity contribution is 0.122. The van der Waals surface area contributed by atoms with Crippen molar-refractivity contribution in [3.8, 4) is 17.0 Å². The fourth-order valence-corrected chi connectivity index (χ4v) is 3.29. The number of benzene rings is 1. The maximum Gasteiger partial charge on any atom is 0.165 e. The molecule has 7 nitrogen and oxygen atoms in total. The monoisotopic (exact) mass is 371 g/mol. The third-order valence-corrected chi connectivity index (χ3v) is 4.48. The van der Waals surface area contributed by atoms with Crippen molar-refractivity contribution in [1.29, 1.82) is 0 Å². The van der Waals surface area contributed by atoms with Crippen molar-refractivity contribution in [1.82, 2.24) is 19.7 Å². The first kappa shape index (κ1) is 17.7. The maximum absolute atomic E-state index is 14.5. The zero-order valence-corrected chi connectivity index (χ0v) is 15.6. The Kier molecular flexibility index (Phi) is 4.65. The van der Waals surface area contributed by atoms with E-state index in [0.29, 0.717) is 30.1 Å². The zero-order chi connectivity index (χ0) is 19.0. The van der Waals surface area contributed by atoms with Gasteiger partial charge in [-0.3, -0.25) is 0 Å². The average Bonchev–Trinajstić information content (AvgIpc) is 3.01. The normalized spacial score (nSPS) is 14.9. The summed E-state index contributed by atoms with van der Waals surface area (Å²) in [6.07, 6.45) is 1.45. The third-order valence-electron chi connectivity index (χ3n) is 4.48. The van der Waals surface area contributed by atoms with Gasteiger partial charge in [-0.05, 0) is 32.0 Å². The number of ether oxygens (including phenoxy) is 2. The smallest absolute Gasteiger partial charge is 0.165 e. The number of aryl methyl sites for hydroxylation is 1. The number of anilines is 1. The van der Waals surface area contributed by atoms with E-state index in [4.69, 9.17) is 9.47 Å². The van der Waals surface area contributed by atoms with E-state index in [1.54, 1.807) is 17.1 Å². The number of halogens is 1. The van der Waals surface area contributed by atoms with Crippen LogP contribution >= 0.6 is 0 Å². The van der Waals surface area contributed by atoms with Crippen LogP contribution in [-0.4, -0.2) is 52.2 Å². The highest BCUT2D eigenvalue weighted by molar-refractivity contribution is 5.99. The van der Waals surface area contributed by atoms with Gasteiger partial charge in [-0.25, -0.2) is 19.0 Å². The van der Waals surface area contributed by atoms with Crippen LogP contribution in [-0.2, 0) is 11.8 Å². The van der Waals surface area contributed by atoms with E-state index in [0.717, 1.165) is 24.3 Å². The summed E-state index contributed by atoms with van der Waals surface area (Å²) in [6.45, 7) is 6.52. The van der Waals surface area contributed by atoms with E-state index in [-0.39, 0.29) is 11.9 Å². The molecule has 2 aromatic heterocycles. The molecule has 27 heavy (non-hydrogen) atoms. The Morgan fingerprint density at radius 1 is 1.19 bits per heavy atom. The van der Waals surface area contributed by atoms with Crippen LogP contribution in [0.25, 0.3) is 22.3 Å². The van der Waals surface area contributed by atoms with Gasteiger partial charge in [-0.1, -0.05) is 0 Å². The summed E-state index contributed by atoms with van der Waals surface area (Å²) >= 11 is 0. The first-order valence-electron chi connectivity index (χ1n) is 9.01. The molecule has 1 aromatic carbocycles. The summed E-state index contributed by atoms with van der Waals surface area (Å²) in [5.74, 6) is 0.623. The van der Waals surface area contributed by atoms with Crippen LogP contribution in [0.4, 0.5) is 10.2 Å². The highest BCUT2D eigenvalue weighted by Crippen LogP contribution is 2.34. The van der Waals surface area contributed by atoms with Crippen molar-refractivity contribution in [3.05, 3.63) is 30.3 Å². The first-order valence-corrected chi connectivity index (χ1v) is 9.01. The van der Waals surface area contributed by atoms with Gasteiger partial charge in [0.25, 0.3) is 0 Å². The van der Waals surface area contributed by atoms with Crippen LogP contribution in [0, 0.1) is 5.82 Å². The highest BCUT2D eigenvalue weighted by Gasteiger charge is 2.22. The molecule has 0 bridgehead atoms. The average molecular weight is 371 g/mol. The van der Waals surface area contributed by atoms with Crippen LogP contribution in [0.5, 0.6) is 5.75 Å². The van der Waals surface area contributed by atoms with Gasteiger partial charge in [0.1, 0.15) is 17.8 Å². The largest absolute Gasteiger partial charge is 0.488 e. The predicted molar refractivity (Wildman–Crippen MR) is 100 cm³/mol. The Balaban J connectivity index is 1.83. The van der Waals surface area contributed by atoms with Gasteiger partial charge in [0.2, 0.25) is 0 Å². The predicted octanol–water partition coefficient (Wildman–Crippen LogP) is 2.79. The second kappa shape index (κ2) is 7.11. The van der Waals surface area contributed by atoms with Gasteiger partial charge in [-0.2, -0.15) is 5.10 Å². The lowest BCUT2D eigenvalue weighted by atomic mass is 10.1. The zero-order valence-electron chi connectivity index (χ0n) is 15.6. The topological polar surface area (TPSA) is 65.3 Å². The summed E-state index contributed by atoms with van der Waals surface area (Å²) < 4.78 is 27.2. The summed E-state index contributed by atoms with van der Waals surface area (Å²) in [5.41, 5.74) is 2.03. The molecule has 142 valence electrons. The molecule has 3 aromatic rings. The first-order chi connectivity index (χ1) is 13.0. The molecule has 1 saturated heterocycles. The number of hydrogen-bond donors (Lipinski definition) is 0. The Morgan fingerprint density at radius 3 is 2.67 bits per heavy atom. The van der Waals surface area contributed by atoms with E-state index in [2.05, 4.69) is 20.0 Å². The van der Waals surface area contributed by atoms with E-state index in [1.165, 1.54) is 6.07 Å². The molecule has 4 rings (SSSR count).